The van der Waals surface area contributed by atoms with Gasteiger partial charge in [0.05, 0.1) is 12.0 Å². The topological polar surface area (TPSA) is 58.6 Å². The van der Waals surface area contributed by atoms with E-state index < -0.39 is 5.41 Å². The van der Waals surface area contributed by atoms with Crippen molar-refractivity contribution in [3.05, 3.63) is 126 Å². The molecule has 0 saturated heterocycles. The Morgan fingerprint density at radius 1 is 0.825 bits per heavy atom. The summed E-state index contributed by atoms with van der Waals surface area (Å²) in [7, 11) is 0. The molecule has 346 valence electrons. The lowest BCUT2D eigenvalue weighted by atomic mass is 9.50. The summed E-state index contributed by atoms with van der Waals surface area (Å²) >= 11 is 4.56. The molecule has 0 heterocycles. The van der Waals surface area contributed by atoms with Gasteiger partial charge in [0, 0.05) is 53.5 Å². The van der Waals surface area contributed by atoms with Crippen LogP contribution in [0.15, 0.2) is 92.5 Å². The normalized spacial score (nSPS) is 14.3. The van der Waals surface area contributed by atoms with Crippen LogP contribution in [-0.4, -0.2) is 42.9 Å². The van der Waals surface area contributed by atoms with Crippen LogP contribution in [0.25, 0.3) is 17.5 Å². The van der Waals surface area contributed by atoms with Crippen LogP contribution in [0.3, 0.4) is 0 Å². The molecule has 0 fully saturated rings. The quantitative estimate of drug-likeness (QED) is 0.0364. The number of carbonyl (C=O) groups is 2. The van der Waals surface area contributed by atoms with E-state index in [0.29, 0.717) is 55.4 Å². The van der Waals surface area contributed by atoms with E-state index in [1.807, 2.05) is 48.5 Å². The van der Waals surface area contributed by atoms with Crippen molar-refractivity contribution in [1.29, 1.82) is 0 Å². The van der Waals surface area contributed by atoms with E-state index in [-0.39, 0.29) is 45.9 Å². The molecule has 0 aromatic heterocycles. The summed E-state index contributed by atoms with van der Waals surface area (Å²) in [4.78, 5) is 29.2. The van der Waals surface area contributed by atoms with Crippen molar-refractivity contribution in [2.24, 2.45) is 33.0 Å². The fraction of sp³-hybridized carbons (Fsp3) is 0.544. The third-order valence-electron chi connectivity index (χ3n) is 15.2. The first-order valence-corrected chi connectivity index (χ1v) is 24.1. The SMILES string of the molecule is C=Cc1ccccc1C(=C)N(CCCOC(=O)C(C)(CC(C)(C)C(C)(C)C(CC(C)(C)C(C)CCCC)c1ccc(CS)cc1)C(C)(C)C)CCNC(=C)c1ccccc1C(C)=O. The zero-order chi connectivity index (χ0) is 47.4. The number of nitrogens with one attached hydrogen (secondary N) is 1. The maximum Gasteiger partial charge on any atom is 0.312 e. The lowest BCUT2D eigenvalue weighted by Gasteiger charge is -2.54. The van der Waals surface area contributed by atoms with E-state index >= 15 is 0 Å². The standard InChI is InChI=1S/C57H84N2O3S/c1-17-19-25-41(3)54(10,11)38-51(47-32-30-45(39-63)31-33-47)56(14,15)55(12,13)40-57(16,53(7,8)9)52(61)62-37-24-35-59(43(5)49-28-21-20-26-46(49)18-2)36-34-58-42(4)48-27-22-23-29-50(48)44(6)60/h18,20-23,26-33,41,51,58,63H,2,4-5,17,19,24-25,34-40H2,1,3,6-16H3. The third kappa shape index (κ3) is 13.5. The molecule has 6 heteroatoms. The maximum absolute atomic E-state index is 14.7. The number of Topliss-reactive ketones (excluding diaryl/α,β-unsaturated/α-hetero) is 1. The summed E-state index contributed by atoms with van der Waals surface area (Å²) in [6, 6.07) is 24.8. The molecule has 3 aromatic carbocycles. The number of hydrogen-bond acceptors (Lipinski definition) is 6. The molecule has 3 unspecified atom stereocenters. The number of hydrogen-bond donors (Lipinski definition) is 2. The molecule has 1 N–H and O–H groups in total. The fourth-order valence-corrected chi connectivity index (χ4v) is 9.27. The number of unbranched alkanes of at least 4 members (excludes halogenated alkanes) is 1. The van der Waals surface area contributed by atoms with Gasteiger partial charge in [-0.15, -0.1) is 0 Å². The van der Waals surface area contributed by atoms with Crippen molar-refractivity contribution in [2.45, 2.75) is 140 Å². The molecule has 3 rings (SSSR count). The highest BCUT2D eigenvalue weighted by Crippen LogP contribution is 2.60. The predicted octanol–water partition coefficient (Wildman–Crippen LogP) is 14.9. The Labute approximate surface area is 390 Å². The molecule has 0 amide bonds. The zero-order valence-electron chi connectivity index (χ0n) is 41.7. The highest BCUT2D eigenvalue weighted by Gasteiger charge is 2.54. The van der Waals surface area contributed by atoms with Crippen LogP contribution in [0.4, 0.5) is 0 Å². The smallest absolute Gasteiger partial charge is 0.312 e. The molecular weight excluding hydrogens is 793 g/mol. The van der Waals surface area contributed by atoms with Gasteiger partial charge < -0.3 is 15.0 Å². The van der Waals surface area contributed by atoms with Crippen LogP contribution in [0, 0.1) is 33.0 Å². The molecule has 0 spiro atoms. The van der Waals surface area contributed by atoms with Crippen LogP contribution in [-0.2, 0) is 15.3 Å². The lowest BCUT2D eigenvalue weighted by Crippen LogP contribution is -2.49. The minimum Gasteiger partial charge on any atom is -0.465 e. The summed E-state index contributed by atoms with van der Waals surface area (Å²) in [5, 5.41) is 3.45. The largest absolute Gasteiger partial charge is 0.465 e. The number of rotatable bonds is 26. The number of nitrogens with zero attached hydrogens (tertiary/aromatic N) is 1. The monoisotopic (exact) mass is 877 g/mol. The number of carbonyl (C=O) groups excluding carboxylic acids is 2. The van der Waals surface area contributed by atoms with Gasteiger partial charge in [-0.3, -0.25) is 9.59 Å². The predicted molar refractivity (Wildman–Crippen MR) is 275 cm³/mol. The molecule has 63 heavy (non-hydrogen) atoms. The average molecular weight is 877 g/mol. The first-order chi connectivity index (χ1) is 29.4. The molecule has 3 atom stereocenters. The van der Waals surface area contributed by atoms with E-state index in [1.54, 1.807) is 6.92 Å². The number of benzene rings is 3. The second-order valence-corrected chi connectivity index (χ2v) is 21.6. The Balaban J connectivity index is 1.85. The van der Waals surface area contributed by atoms with Crippen LogP contribution in [0.2, 0.25) is 0 Å². The summed E-state index contributed by atoms with van der Waals surface area (Å²) in [6.07, 6.45) is 7.89. The van der Waals surface area contributed by atoms with Gasteiger partial charge in [-0.1, -0.05) is 194 Å². The van der Waals surface area contributed by atoms with Gasteiger partial charge in [0.2, 0.25) is 0 Å². The molecule has 0 bridgehead atoms. The van der Waals surface area contributed by atoms with Crippen molar-refractivity contribution in [2.75, 3.05) is 26.2 Å². The highest BCUT2D eigenvalue weighted by molar-refractivity contribution is 7.79. The Hall–Kier alpha value is -4.03. The molecular formula is C57H84N2O3S. The molecule has 0 aliphatic carbocycles. The zero-order valence-corrected chi connectivity index (χ0v) is 42.6. The van der Waals surface area contributed by atoms with Crippen molar-refractivity contribution in [1.82, 2.24) is 10.2 Å². The summed E-state index contributed by atoms with van der Waals surface area (Å²) < 4.78 is 6.35. The molecule has 0 aliphatic rings. The number of esters is 1. The molecule has 0 aliphatic heterocycles. The minimum atomic E-state index is -0.759. The second kappa shape index (κ2) is 22.7. The molecule has 0 saturated carbocycles. The van der Waals surface area contributed by atoms with E-state index in [0.717, 1.165) is 28.8 Å². The molecule has 3 aromatic rings. The van der Waals surface area contributed by atoms with Gasteiger partial charge in [-0.05, 0) is 83.3 Å². The summed E-state index contributed by atoms with van der Waals surface area (Å²) in [5.74, 6) is 1.42. The van der Waals surface area contributed by atoms with Crippen LogP contribution < -0.4 is 5.32 Å². The van der Waals surface area contributed by atoms with Crippen molar-refractivity contribution in [3.63, 3.8) is 0 Å². The first kappa shape index (κ1) is 53.3. The van der Waals surface area contributed by atoms with Crippen molar-refractivity contribution >= 4 is 41.9 Å². The Bertz CT molecular complexity index is 2000. The van der Waals surface area contributed by atoms with Gasteiger partial charge >= 0.3 is 5.97 Å². The minimum absolute atomic E-state index is 0.000358. The van der Waals surface area contributed by atoms with Crippen LogP contribution >= 0.6 is 12.6 Å². The number of ether oxygens (including phenoxy) is 1. The highest BCUT2D eigenvalue weighted by atomic mass is 32.1. The van der Waals surface area contributed by atoms with Gasteiger partial charge in [-0.25, -0.2) is 0 Å². The fourth-order valence-electron chi connectivity index (χ4n) is 9.06. The average Bonchev–Trinajstić information content (AvgIpc) is 3.24. The molecule has 0 radical (unpaired) electrons. The van der Waals surface area contributed by atoms with Gasteiger partial charge in [-0.2, -0.15) is 12.6 Å². The first-order valence-electron chi connectivity index (χ1n) is 23.4. The van der Waals surface area contributed by atoms with Gasteiger partial charge in [0.25, 0.3) is 0 Å². The maximum atomic E-state index is 14.7. The number of thiol groups is 1. The Kier molecular flexibility index (Phi) is 19.2. The Morgan fingerprint density at radius 2 is 1.41 bits per heavy atom. The van der Waals surface area contributed by atoms with Crippen LogP contribution in [0.1, 0.15) is 173 Å². The summed E-state index contributed by atoms with van der Waals surface area (Å²) in [6.45, 7) is 44.4. The van der Waals surface area contributed by atoms with E-state index in [1.165, 1.54) is 30.4 Å². The molecule has 5 nitrogen and oxygen atoms in total. The van der Waals surface area contributed by atoms with E-state index in [2.05, 4.69) is 156 Å². The second-order valence-electron chi connectivity index (χ2n) is 21.3. The van der Waals surface area contributed by atoms with Crippen molar-refractivity contribution in [3.8, 4) is 0 Å². The third-order valence-corrected chi connectivity index (χ3v) is 15.5. The Morgan fingerprint density at radius 3 is 1.97 bits per heavy atom. The van der Waals surface area contributed by atoms with E-state index in [9.17, 15) is 9.59 Å². The number of ketones is 1. The van der Waals surface area contributed by atoms with Gasteiger partial charge in [0.15, 0.2) is 5.78 Å². The lowest BCUT2D eigenvalue weighted by molar-refractivity contribution is -0.167. The van der Waals surface area contributed by atoms with Gasteiger partial charge in [0.1, 0.15) is 0 Å². The summed E-state index contributed by atoms with van der Waals surface area (Å²) in [5.41, 5.74) is 6.17. The van der Waals surface area contributed by atoms with Crippen molar-refractivity contribution < 1.29 is 14.3 Å². The van der Waals surface area contributed by atoms with Crippen LogP contribution in [0.5, 0.6) is 0 Å². The van der Waals surface area contributed by atoms with E-state index in [4.69, 9.17) is 4.74 Å².